The topological polar surface area (TPSA) is 86.3 Å². The van der Waals surface area contributed by atoms with E-state index in [1.54, 1.807) is 0 Å². The average molecular weight is 346 g/mol. The van der Waals surface area contributed by atoms with Crippen LogP contribution in [0.2, 0.25) is 0 Å². The predicted molar refractivity (Wildman–Crippen MR) is 93.8 cm³/mol. The van der Waals surface area contributed by atoms with E-state index in [0.717, 1.165) is 16.5 Å². The largest absolute Gasteiger partial charge is 0.290 e. The van der Waals surface area contributed by atoms with E-state index < -0.39 is 9.85 Å². The number of rotatable bonds is 4. The van der Waals surface area contributed by atoms with Crippen LogP contribution in [-0.2, 0) is 5.41 Å². The molecule has 0 aromatic heterocycles. The number of aryl methyl sites for hydroxylation is 1. The van der Waals surface area contributed by atoms with Crippen LogP contribution in [0.1, 0.15) is 31.9 Å². The van der Waals surface area contributed by atoms with Crippen molar-refractivity contribution in [2.45, 2.75) is 42.9 Å². The van der Waals surface area contributed by atoms with Crippen molar-refractivity contribution in [3.63, 3.8) is 0 Å². The lowest BCUT2D eigenvalue weighted by atomic mass is 9.86. The van der Waals surface area contributed by atoms with Crippen LogP contribution in [0.3, 0.4) is 0 Å². The highest BCUT2D eigenvalue weighted by molar-refractivity contribution is 7.99. The zero-order valence-electron chi connectivity index (χ0n) is 13.9. The molecule has 0 amide bonds. The Hall–Kier alpha value is -2.41. The number of hydrogen-bond acceptors (Lipinski definition) is 5. The summed E-state index contributed by atoms with van der Waals surface area (Å²) < 4.78 is 0. The third kappa shape index (κ3) is 3.91. The van der Waals surface area contributed by atoms with Gasteiger partial charge in [0.05, 0.1) is 20.8 Å². The molecule has 0 unspecified atom stereocenters. The third-order valence-electron chi connectivity index (χ3n) is 3.61. The second-order valence-corrected chi connectivity index (χ2v) is 7.58. The zero-order valence-corrected chi connectivity index (χ0v) is 14.7. The molecule has 0 saturated heterocycles. The van der Waals surface area contributed by atoms with Gasteiger partial charge in [0.15, 0.2) is 0 Å². The second-order valence-electron chi connectivity index (χ2n) is 6.50. The maximum Gasteiger partial charge on any atom is 0.290 e. The Balaban J connectivity index is 2.41. The van der Waals surface area contributed by atoms with Crippen molar-refractivity contribution in [3.8, 4) is 0 Å². The van der Waals surface area contributed by atoms with Crippen molar-refractivity contribution < 1.29 is 9.85 Å². The highest BCUT2D eigenvalue weighted by atomic mass is 32.2. The van der Waals surface area contributed by atoms with E-state index in [-0.39, 0.29) is 16.8 Å². The molecule has 0 N–H and O–H groups in total. The summed E-state index contributed by atoms with van der Waals surface area (Å²) in [5, 5.41) is 22.0. The molecule has 0 aliphatic carbocycles. The predicted octanol–water partition coefficient (Wildman–Crippen LogP) is 5.26. The first-order chi connectivity index (χ1) is 11.1. The van der Waals surface area contributed by atoms with Crippen LogP contribution in [-0.4, -0.2) is 9.85 Å². The monoisotopic (exact) mass is 346 g/mol. The van der Waals surface area contributed by atoms with E-state index in [4.69, 9.17) is 0 Å². The minimum absolute atomic E-state index is 0.0211. The van der Waals surface area contributed by atoms with E-state index in [0.29, 0.717) is 4.90 Å². The summed E-state index contributed by atoms with van der Waals surface area (Å²) in [6.45, 7) is 8.32. The summed E-state index contributed by atoms with van der Waals surface area (Å²) in [4.78, 5) is 22.1. The Morgan fingerprint density at radius 1 is 0.917 bits per heavy atom. The zero-order chi connectivity index (χ0) is 18.1. The van der Waals surface area contributed by atoms with E-state index in [9.17, 15) is 20.2 Å². The minimum atomic E-state index is -0.634. The van der Waals surface area contributed by atoms with Gasteiger partial charge < -0.3 is 0 Å². The first kappa shape index (κ1) is 17.9. The van der Waals surface area contributed by atoms with Crippen LogP contribution in [0.5, 0.6) is 0 Å². The number of nitro groups is 2. The molecular weight excluding hydrogens is 328 g/mol. The lowest BCUT2D eigenvalue weighted by Crippen LogP contribution is -2.11. The Bertz CT molecular complexity index is 813. The fourth-order valence-electron chi connectivity index (χ4n) is 2.20. The molecule has 7 heteroatoms. The van der Waals surface area contributed by atoms with Gasteiger partial charge in [0.25, 0.3) is 11.4 Å². The molecule has 24 heavy (non-hydrogen) atoms. The van der Waals surface area contributed by atoms with Gasteiger partial charge in [-0.3, -0.25) is 20.2 Å². The van der Waals surface area contributed by atoms with Crippen LogP contribution in [0.15, 0.2) is 46.2 Å². The number of hydrogen-bond donors (Lipinski definition) is 0. The molecule has 0 atom stereocenters. The van der Waals surface area contributed by atoms with Crippen molar-refractivity contribution in [3.05, 3.63) is 67.8 Å². The average Bonchev–Trinajstić information content (AvgIpc) is 2.48. The third-order valence-corrected chi connectivity index (χ3v) is 4.85. The Labute approximate surface area is 144 Å². The number of benzene rings is 2. The maximum atomic E-state index is 11.2. The first-order valence-electron chi connectivity index (χ1n) is 7.31. The van der Waals surface area contributed by atoms with Crippen molar-refractivity contribution in [1.29, 1.82) is 0 Å². The van der Waals surface area contributed by atoms with E-state index in [2.05, 4.69) is 26.8 Å². The lowest BCUT2D eigenvalue weighted by molar-refractivity contribution is -0.396. The molecule has 0 fully saturated rings. The maximum absolute atomic E-state index is 11.2. The highest BCUT2D eigenvalue weighted by Crippen LogP contribution is 2.39. The molecule has 0 aliphatic heterocycles. The molecule has 0 aliphatic rings. The summed E-state index contributed by atoms with van der Waals surface area (Å²) in [5.74, 6) is 0. The minimum Gasteiger partial charge on any atom is -0.258 e. The second kappa shape index (κ2) is 6.60. The van der Waals surface area contributed by atoms with Crippen molar-refractivity contribution >= 4 is 23.1 Å². The summed E-state index contributed by atoms with van der Waals surface area (Å²) >= 11 is 1.24. The normalized spacial score (nSPS) is 11.3. The van der Waals surface area contributed by atoms with Crippen LogP contribution in [0.25, 0.3) is 0 Å². The molecule has 6 nitrogen and oxygen atoms in total. The van der Waals surface area contributed by atoms with Gasteiger partial charge in [-0.2, -0.15) is 0 Å². The molecule has 0 radical (unpaired) electrons. The van der Waals surface area contributed by atoms with Crippen molar-refractivity contribution in [1.82, 2.24) is 0 Å². The van der Waals surface area contributed by atoms with Gasteiger partial charge in [0.1, 0.15) is 0 Å². The molecule has 0 saturated carbocycles. The number of nitro benzene ring substituents is 2. The fourth-order valence-corrected chi connectivity index (χ4v) is 3.16. The van der Waals surface area contributed by atoms with E-state index in [1.807, 2.05) is 19.1 Å². The number of non-ortho nitro benzene ring substituents is 1. The van der Waals surface area contributed by atoms with Crippen molar-refractivity contribution in [2.24, 2.45) is 0 Å². The van der Waals surface area contributed by atoms with E-state index in [1.165, 1.54) is 29.5 Å². The molecule has 2 aromatic carbocycles. The Kier molecular flexibility index (Phi) is 4.94. The summed E-state index contributed by atoms with van der Waals surface area (Å²) in [7, 11) is 0. The molecule has 0 bridgehead atoms. The molecule has 2 aromatic rings. The van der Waals surface area contributed by atoms with Gasteiger partial charge in [-0.1, -0.05) is 44.7 Å². The Morgan fingerprint density at radius 3 is 2.04 bits per heavy atom. The van der Waals surface area contributed by atoms with Gasteiger partial charge in [0.2, 0.25) is 0 Å². The van der Waals surface area contributed by atoms with Crippen LogP contribution in [0, 0.1) is 27.2 Å². The van der Waals surface area contributed by atoms with Gasteiger partial charge in [-0.15, -0.1) is 0 Å². The number of nitrogens with zero attached hydrogens (tertiary/aromatic N) is 2. The molecule has 126 valence electrons. The van der Waals surface area contributed by atoms with Crippen LogP contribution < -0.4 is 0 Å². The summed E-state index contributed by atoms with van der Waals surface area (Å²) in [6.07, 6.45) is 0. The van der Waals surface area contributed by atoms with Gasteiger partial charge in [-0.05, 0) is 35.6 Å². The molecule has 2 rings (SSSR count). The van der Waals surface area contributed by atoms with Crippen molar-refractivity contribution in [2.75, 3.05) is 0 Å². The SMILES string of the molecule is Cc1cc(C(C)(C)C)ccc1Sc1ccc([N+](=O)[O-])cc1[N+](=O)[O-]. The van der Waals surface area contributed by atoms with E-state index >= 15 is 0 Å². The highest BCUT2D eigenvalue weighted by Gasteiger charge is 2.21. The smallest absolute Gasteiger partial charge is 0.258 e. The fraction of sp³-hybridized carbons (Fsp3) is 0.294. The molecule has 0 spiro atoms. The Morgan fingerprint density at radius 2 is 1.54 bits per heavy atom. The first-order valence-corrected chi connectivity index (χ1v) is 8.13. The quantitative estimate of drug-likeness (QED) is 0.556. The van der Waals surface area contributed by atoms with Gasteiger partial charge in [0, 0.05) is 11.0 Å². The summed E-state index contributed by atoms with van der Waals surface area (Å²) in [6, 6.07) is 9.73. The van der Waals surface area contributed by atoms with Crippen LogP contribution in [0.4, 0.5) is 11.4 Å². The molecular formula is C17H18N2O4S. The van der Waals surface area contributed by atoms with Gasteiger partial charge in [-0.25, -0.2) is 0 Å². The van der Waals surface area contributed by atoms with Gasteiger partial charge >= 0.3 is 0 Å². The molecule has 0 heterocycles. The summed E-state index contributed by atoms with van der Waals surface area (Å²) in [5.41, 5.74) is 1.68. The lowest BCUT2D eigenvalue weighted by Gasteiger charge is -2.20. The standard InChI is InChI=1S/C17H18N2O4S/c1-11-9-12(17(2,3)4)5-7-15(11)24-16-8-6-13(18(20)21)10-14(16)19(22)23/h5-10H,1-4H3. The van der Waals surface area contributed by atoms with Crippen LogP contribution >= 0.6 is 11.8 Å².